The molecule has 0 saturated carbocycles. The number of fused-ring (bicyclic) bond motifs is 3. The molecule has 3 aromatic rings. The average molecular weight is 475 g/mol. The van der Waals surface area contributed by atoms with E-state index in [4.69, 9.17) is 9.47 Å². The third kappa shape index (κ3) is 4.96. The van der Waals surface area contributed by atoms with Crippen LogP contribution in [0.15, 0.2) is 66.7 Å². The fourth-order valence-electron chi connectivity index (χ4n) is 4.27. The molecule has 1 aliphatic rings. The molecule has 1 aliphatic carbocycles. The summed E-state index contributed by atoms with van der Waals surface area (Å²) in [4.78, 5) is 36.9. The van der Waals surface area contributed by atoms with Gasteiger partial charge in [-0.25, -0.2) is 9.59 Å². The van der Waals surface area contributed by atoms with Gasteiger partial charge in [0.15, 0.2) is 0 Å². The fourth-order valence-corrected chi connectivity index (χ4v) is 4.27. The first kappa shape index (κ1) is 23.8. The molecule has 0 saturated heterocycles. The van der Waals surface area contributed by atoms with Crippen LogP contribution in [-0.4, -0.2) is 42.8 Å². The maximum absolute atomic E-state index is 12.8. The molecule has 4 rings (SSSR count). The monoisotopic (exact) mass is 474 g/mol. The lowest BCUT2D eigenvalue weighted by atomic mass is 9.98. The van der Waals surface area contributed by atoms with Gasteiger partial charge in [-0.2, -0.15) is 0 Å². The number of carboxylic acid groups (broad SMARTS) is 1. The van der Waals surface area contributed by atoms with Crippen molar-refractivity contribution < 1.29 is 29.0 Å². The Morgan fingerprint density at radius 1 is 0.971 bits per heavy atom. The summed E-state index contributed by atoms with van der Waals surface area (Å²) in [5.41, 5.74) is 4.67. The Morgan fingerprint density at radius 2 is 1.60 bits per heavy atom. The third-order valence-electron chi connectivity index (χ3n) is 6.06. The third-order valence-corrected chi connectivity index (χ3v) is 6.06. The zero-order chi connectivity index (χ0) is 24.9. The molecule has 0 fully saturated rings. The number of aliphatic carboxylic acids is 1. The number of benzene rings is 3. The zero-order valence-electron chi connectivity index (χ0n) is 19.4. The summed E-state index contributed by atoms with van der Waals surface area (Å²) >= 11 is 0. The minimum atomic E-state index is -1.14. The molecule has 8 nitrogen and oxygen atoms in total. The van der Waals surface area contributed by atoms with Gasteiger partial charge in [-0.1, -0.05) is 55.5 Å². The number of hydrogen-bond acceptors (Lipinski definition) is 5. The normalized spacial score (nSPS) is 12.7. The van der Waals surface area contributed by atoms with Crippen LogP contribution in [0.2, 0.25) is 0 Å². The summed E-state index contributed by atoms with van der Waals surface area (Å²) in [6.45, 7) is 1.77. The molecule has 0 aromatic heterocycles. The summed E-state index contributed by atoms with van der Waals surface area (Å²) in [7, 11) is 1.45. The van der Waals surface area contributed by atoms with Crippen LogP contribution in [0.4, 0.5) is 10.5 Å². The second-order valence-corrected chi connectivity index (χ2v) is 8.13. The minimum absolute atomic E-state index is 0.0672. The van der Waals surface area contributed by atoms with Crippen LogP contribution in [-0.2, 0) is 9.53 Å². The quantitative estimate of drug-likeness (QED) is 0.438. The van der Waals surface area contributed by atoms with Crippen molar-refractivity contribution in [1.82, 2.24) is 5.32 Å². The van der Waals surface area contributed by atoms with Crippen LogP contribution in [0, 0.1) is 0 Å². The average Bonchev–Trinajstić information content (AvgIpc) is 3.19. The predicted molar refractivity (Wildman–Crippen MR) is 131 cm³/mol. The van der Waals surface area contributed by atoms with Crippen LogP contribution in [0.1, 0.15) is 40.7 Å². The lowest BCUT2D eigenvalue weighted by Crippen LogP contribution is -2.40. The Hall–Kier alpha value is -4.33. The van der Waals surface area contributed by atoms with Gasteiger partial charge >= 0.3 is 12.1 Å². The number of hydrogen-bond donors (Lipinski definition) is 3. The number of methoxy groups -OCH3 is 1. The van der Waals surface area contributed by atoms with Gasteiger partial charge in [0.05, 0.1) is 18.4 Å². The highest BCUT2D eigenvalue weighted by atomic mass is 16.5. The lowest BCUT2D eigenvalue weighted by molar-refractivity contribution is -0.139. The second-order valence-electron chi connectivity index (χ2n) is 8.13. The highest BCUT2D eigenvalue weighted by Gasteiger charge is 2.29. The SMILES string of the molecule is CCC(NC(=O)c1cc(OC)ccc1NC(=O)OCC1c2ccccc2-c2ccccc21)C(=O)O. The Kier molecular flexibility index (Phi) is 7.01. The molecule has 0 spiro atoms. The van der Waals surface area contributed by atoms with Crippen LogP contribution in [0.25, 0.3) is 11.1 Å². The van der Waals surface area contributed by atoms with Crippen molar-refractivity contribution in [2.24, 2.45) is 0 Å². The number of carbonyl (C=O) groups is 3. The van der Waals surface area contributed by atoms with E-state index in [1.165, 1.54) is 19.2 Å². The summed E-state index contributed by atoms with van der Waals surface area (Å²) in [5.74, 6) is -1.51. The van der Waals surface area contributed by atoms with E-state index in [2.05, 4.69) is 22.8 Å². The van der Waals surface area contributed by atoms with Gasteiger partial charge in [-0.05, 0) is 46.9 Å². The maximum Gasteiger partial charge on any atom is 0.411 e. The largest absolute Gasteiger partial charge is 0.497 e. The number of anilines is 1. The summed E-state index contributed by atoms with van der Waals surface area (Å²) in [5, 5.41) is 14.3. The van der Waals surface area contributed by atoms with Gasteiger partial charge in [0.25, 0.3) is 5.91 Å². The highest BCUT2D eigenvalue weighted by molar-refractivity contribution is 6.04. The summed E-state index contributed by atoms with van der Waals surface area (Å²) in [6, 6.07) is 19.5. The summed E-state index contributed by atoms with van der Waals surface area (Å²) < 4.78 is 10.8. The van der Waals surface area contributed by atoms with Crippen molar-refractivity contribution in [2.45, 2.75) is 25.3 Å². The van der Waals surface area contributed by atoms with Crippen molar-refractivity contribution in [3.05, 3.63) is 83.4 Å². The molecule has 3 N–H and O–H groups in total. The van der Waals surface area contributed by atoms with Crippen molar-refractivity contribution >= 4 is 23.7 Å². The number of ether oxygens (including phenoxy) is 2. The number of amides is 2. The molecule has 3 aromatic carbocycles. The van der Waals surface area contributed by atoms with Crippen LogP contribution in [0.5, 0.6) is 5.75 Å². The lowest BCUT2D eigenvalue weighted by Gasteiger charge is -2.17. The number of nitrogens with one attached hydrogen (secondary N) is 2. The first-order valence-electron chi connectivity index (χ1n) is 11.3. The van der Waals surface area contributed by atoms with Crippen LogP contribution < -0.4 is 15.4 Å². The molecule has 2 amide bonds. The molecule has 180 valence electrons. The highest BCUT2D eigenvalue weighted by Crippen LogP contribution is 2.44. The molecule has 1 atom stereocenters. The minimum Gasteiger partial charge on any atom is -0.497 e. The molecular weight excluding hydrogens is 448 g/mol. The van der Waals surface area contributed by atoms with E-state index in [0.29, 0.717) is 5.75 Å². The predicted octanol–water partition coefficient (Wildman–Crippen LogP) is 4.65. The maximum atomic E-state index is 12.8. The first-order valence-corrected chi connectivity index (χ1v) is 11.3. The van der Waals surface area contributed by atoms with Gasteiger partial charge in [0.1, 0.15) is 18.4 Å². The Bertz CT molecular complexity index is 1230. The van der Waals surface area contributed by atoms with E-state index in [-0.39, 0.29) is 30.2 Å². The van der Waals surface area contributed by atoms with Gasteiger partial charge in [0.2, 0.25) is 0 Å². The number of carboxylic acids is 1. The van der Waals surface area contributed by atoms with Crippen molar-refractivity contribution in [1.29, 1.82) is 0 Å². The zero-order valence-corrected chi connectivity index (χ0v) is 19.4. The molecular formula is C27H26N2O6. The molecule has 0 aliphatic heterocycles. The van der Waals surface area contributed by atoms with Gasteiger partial charge in [-0.15, -0.1) is 0 Å². The van der Waals surface area contributed by atoms with Gasteiger partial charge in [0, 0.05) is 5.92 Å². The van der Waals surface area contributed by atoms with Crippen LogP contribution in [0.3, 0.4) is 0 Å². The smallest absolute Gasteiger partial charge is 0.411 e. The molecule has 0 bridgehead atoms. The van der Waals surface area contributed by atoms with Gasteiger partial charge < -0.3 is 19.9 Å². The van der Waals surface area contributed by atoms with E-state index in [0.717, 1.165) is 22.3 Å². The molecule has 0 heterocycles. The van der Waals surface area contributed by atoms with Crippen molar-refractivity contribution in [3.8, 4) is 16.9 Å². The van der Waals surface area contributed by atoms with Crippen molar-refractivity contribution in [2.75, 3.05) is 19.0 Å². The summed E-state index contributed by atoms with van der Waals surface area (Å²) in [6.07, 6.45) is -0.517. The topological polar surface area (TPSA) is 114 Å². The molecule has 8 heteroatoms. The molecule has 35 heavy (non-hydrogen) atoms. The second kappa shape index (κ2) is 10.3. The number of rotatable bonds is 8. The first-order chi connectivity index (χ1) is 16.9. The Labute approximate surface area is 202 Å². The number of carbonyl (C=O) groups excluding carboxylic acids is 2. The fraction of sp³-hybridized carbons (Fsp3) is 0.222. The van der Waals surface area contributed by atoms with E-state index < -0.39 is 24.0 Å². The van der Waals surface area contributed by atoms with Gasteiger partial charge in [-0.3, -0.25) is 10.1 Å². The Morgan fingerprint density at radius 3 is 2.17 bits per heavy atom. The van der Waals surface area contributed by atoms with E-state index in [1.54, 1.807) is 13.0 Å². The standard InChI is InChI=1S/C27H26N2O6/c1-3-23(26(31)32)28-25(30)21-14-16(34-2)12-13-24(21)29-27(33)35-15-22-19-10-6-4-8-17(19)18-9-5-7-11-20(18)22/h4-14,22-23H,3,15H2,1-2H3,(H,28,30)(H,29,33)(H,31,32). The van der Waals surface area contributed by atoms with E-state index >= 15 is 0 Å². The van der Waals surface area contributed by atoms with Crippen molar-refractivity contribution in [3.63, 3.8) is 0 Å². The van der Waals surface area contributed by atoms with E-state index in [1.807, 2.05) is 36.4 Å². The van der Waals surface area contributed by atoms with E-state index in [9.17, 15) is 19.5 Å². The van der Waals surface area contributed by atoms with Crippen LogP contribution >= 0.6 is 0 Å². The Balaban J connectivity index is 1.50. The molecule has 0 radical (unpaired) electrons. The molecule has 1 unspecified atom stereocenters.